The van der Waals surface area contributed by atoms with Gasteiger partial charge in [0.15, 0.2) is 0 Å². The number of halogens is 1. The summed E-state index contributed by atoms with van der Waals surface area (Å²) in [6.45, 7) is 1.82. The minimum atomic E-state index is -0.168. The van der Waals surface area contributed by atoms with Crippen LogP contribution in [0.15, 0.2) is 0 Å². The number of hydrogen-bond donors (Lipinski definition) is 0. The molecule has 0 aromatic carbocycles. The number of carbonyl (C=O) groups is 2. The van der Waals surface area contributed by atoms with E-state index < -0.39 is 0 Å². The molecular weight excluding hydrogens is 321 g/mol. The first-order chi connectivity index (χ1) is 7.49. The van der Waals surface area contributed by atoms with Gasteiger partial charge in [0.05, 0.1) is 6.04 Å². The van der Waals surface area contributed by atoms with Crippen LogP contribution in [0.3, 0.4) is 0 Å². The van der Waals surface area contributed by atoms with E-state index in [0.29, 0.717) is 18.6 Å². The topological polar surface area (TPSA) is 46.6 Å². The van der Waals surface area contributed by atoms with Crippen LogP contribution in [0.4, 0.5) is 0 Å². The molecule has 0 radical (unpaired) electrons. The maximum absolute atomic E-state index is 11.5. The van der Waals surface area contributed by atoms with E-state index in [4.69, 9.17) is 4.74 Å². The molecule has 0 saturated carbocycles. The van der Waals surface area contributed by atoms with Gasteiger partial charge in [0.1, 0.15) is 15.8 Å². The van der Waals surface area contributed by atoms with Crippen LogP contribution < -0.4 is 0 Å². The molecule has 0 N–H and O–H groups in total. The summed E-state index contributed by atoms with van der Waals surface area (Å²) in [5, 5.41) is 0. The summed E-state index contributed by atoms with van der Waals surface area (Å²) in [7, 11) is 2.02. The lowest BCUT2D eigenvalue weighted by Crippen LogP contribution is -2.43. The highest BCUT2D eigenvalue weighted by atomic mass is 127. The van der Waals surface area contributed by atoms with Crippen LogP contribution in [0.25, 0.3) is 0 Å². The Bertz CT molecular complexity index is 318. The zero-order valence-corrected chi connectivity index (χ0v) is 11.6. The highest BCUT2D eigenvalue weighted by molar-refractivity contribution is 14.1. The lowest BCUT2D eigenvalue weighted by molar-refractivity contribution is -0.149. The number of likely N-dealkylation sites (N-methyl/N-ethyl adjacent to an activating group) is 1. The van der Waals surface area contributed by atoms with Crippen molar-refractivity contribution >= 4 is 34.3 Å². The van der Waals surface area contributed by atoms with E-state index in [2.05, 4.69) is 4.90 Å². The van der Waals surface area contributed by atoms with Crippen LogP contribution in [-0.4, -0.2) is 45.8 Å². The first-order valence-electron chi connectivity index (χ1n) is 5.57. The summed E-state index contributed by atoms with van der Waals surface area (Å²) < 4.78 is 5.34. The number of rotatable bonds is 2. The quantitative estimate of drug-likeness (QED) is 0.431. The normalized spacial score (nSPS) is 36.2. The second-order valence-electron chi connectivity index (χ2n) is 4.66. The molecule has 2 aliphatic heterocycles. The minimum Gasteiger partial charge on any atom is -0.460 e. The molecular formula is C11H16INO3. The van der Waals surface area contributed by atoms with Gasteiger partial charge in [0.2, 0.25) is 0 Å². The molecule has 2 aliphatic rings. The number of fused-ring (bicyclic) bond motifs is 2. The lowest BCUT2D eigenvalue weighted by atomic mass is 10.0. The maximum Gasteiger partial charge on any atom is 0.318 e. The largest absolute Gasteiger partial charge is 0.460 e. The molecule has 2 bridgehead atoms. The number of piperidine rings is 1. The van der Waals surface area contributed by atoms with Gasteiger partial charge in [-0.15, -0.1) is 0 Å². The summed E-state index contributed by atoms with van der Waals surface area (Å²) in [4.78, 5) is 25.2. The number of ketones is 1. The predicted octanol–water partition coefficient (Wildman–Crippen LogP) is 1.16. The zero-order valence-electron chi connectivity index (χ0n) is 9.48. The monoisotopic (exact) mass is 337 g/mol. The Morgan fingerprint density at radius 3 is 2.88 bits per heavy atom. The third-order valence-corrected chi connectivity index (χ3v) is 4.03. The van der Waals surface area contributed by atoms with Crippen LogP contribution in [0.5, 0.6) is 0 Å². The lowest BCUT2D eigenvalue weighted by Gasteiger charge is -2.30. The van der Waals surface area contributed by atoms with Crippen molar-refractivity contribution in [2.75, 3.05) is 7.05 Å². The van der Waals surface area contributed by atoms with Crippen LogP contribution >= 0.6 is 22.6 Å². The number of carbonyl (C=O) groups excluding carboxylic acids is 2. The van der Waals surface area contributed by atoms with E-state index >= 15 is 0 Å². The average molecular weight is 337 g/mol. The van der Waals surface area contributed by atoms with Gasteiger partial charge in [-0.05, 0) is 14.0 Å². The van der Waals surface area contributed by atoms with Crippen molar-refractivity contribution in [3.63, 3.8) is 0 Å². The molecule has 0 aromatic heterocycles. The second-order valence-corrected chi connectivity index (χ2v) is 6.53. The molecule has 2 fully saturated rings. The fraction of sp³-hybridized carbons (Fsp3) is 0.818. The molecule has 4 nitrogen and oxygen atoms in total. The molecule has 0 aliphatic carbocycles. The standard InChI is InChI=1S/C11H16INO3/c1-6(12)11(15)16-10-4-7-3-8(14)5-9(10)13(7)2/h6-7,9-10H,3-5H2,1-2H3. The summed E-state index contributed by atoms with van der Waals surface area (Å²) >= 11 is 2.05. The van der Waals surface area contributed by atoms with Crippen LogP contribution in [0.2, 0.25) is 0 Å². The Labute approximate surface area is 109 Å². The van der Waals surface area contributed by atoms with Gasteiger partial charge in [-0.2, -0.15) is 0 Å². The highest BCUT2D eigenvalue weighted by Gasteiger charge is 2.46. The third-order valence-electron chi connectivity index (χ3n) is 3.53. The van der Waals surface area contributed by atoms with Crippen molar-refractivity contribution in [3.8, 4) is 0 Å². The van der Waals surface area contributed by atoms with E-state index in [0.717, 1.165) is 6.42 Å². The Morgan fingerprint density at radius 1 is 1.56 bits per heavy atom. The second kappa shape index (κ2) is 4.60. The molecule has 0 aromatic rings. The van der Waals surface area contributed by atoms with Crippen molar-refractivity contribution in [2.45, 2.75) is 48.3 Å². The smallest absolute Gasteiger partial charge is 0.318 e. The molecule has 5 heteroatoms. The Hall–Kier alpha value is -0.170. The first-order valence-corrected chi connectivity index (χ1v) is 6.81. The predicted molar refractivity (Wildman–Crippen MR) is 67.6 cm³/mol. The molecule has 2 heterocycles. The van der Waals surface area contributed by atoms with E-state index in [1.165, 1.54) is 0 Å². The zero-order chi connectivity index (χ0) is 11.9. The molecule has 4 atom stereocenters. The molecule has 2 rings (SSSR count). The third kappa shape index (κ3) is 2.25. The Balaban J connectivity index is 2.03. The SMILES string of the molecule is CC(I)C(=O)OC1CC2CC(=O)CC1N2C. The fourth-order valence-electron chi connectivity index (χ4n) is 2.58. The van der Waals surface area contributed by atoms with Gasteiger partial charge in [-0.25, -0.2) is 0 Å². The van der Waals surface area contributed by atoms with E-state index in [1.807, 2.05) is 36.6 Å². The Kier molecular flexibility index (Phi) is 3.53. The summed E-state index contributed by atoms with van der Waals surface area (Å²) in [5.41, 5.74) is 0. The molecule has 2 saturated heterocycles. The minimum absolute atomic E-state index is 0.0915. The summed E-state index contributed by atoms with van der Waals surface area (Å²) in [6.07, 6.45) is 1.86. The molecule has 16 heavy (non-hydrogen) atoms. The van der Waals surface area contributed by atoms with Crippen LogP contribution in [-0.2, 0) is 14.3 Å². The van der Waals surface area contributed by atoms with Gasteiger partial charge in [-0.3, -0.25) is 14.5 Å². The van der Waals surface area contributed by atoms with E-state index in [9.17, 15) is 9.59 Å². The van der Waals surface area contributed by atoms with Crippen LogP contribution in [0.1, 0.15) is 26.2 Å². The van der Waals surface area contributed by atoms with Gasteiger partial charge < -0.3 is 4.74 Å². The average Bonchev–Trinajstić information content (AvgIpc) is 2.40. The number of nitrogens with zero attached hydrogens (tertiary/aromatic N) is 1. The molecule has 4 unspecified atom stereocenters. The van der Waals surface area contributed by atoms with Gasteiger partial charge in [-0.1, -0.05) is 22.6 Å². The van der Waals surface area contributed by atoms with Crippen molar-refractivity contribution < 1.29 is 14.3 Å². The summed E-state index contributed by atoms with van der Waals surface area (Å²) in [6, 6.07) is 0.374. The number of alkyl halides is 1. The Morgan fingerprint density at radius 2 is 2.25 bits per heavy atom. The van der Waals surface area contributed by atoms with Gasteiger partial charge in [0.25, 0.3) is 0 Å². The van der Waals surface area contributed by atoms with Crippen molar-refractivity contribution in [3.05, 3.63) is 0 Å². The number of esters is 1. The number of ether oxygens (including phenoxy) is 1. The van der Waals surface area contributed by atoms with Gasteiger partial charge in [0, 0.05) is 25.3 Å². The van der Waals surface area contributed by atoms with E-state index in [-0.39, 0.29) is 28.1 Å². The van der Waals surface area contributed by atoms with Crippen molar-refractivity contribution in [1.29, 1.82) is 0 Å². The number of hydrogen-bond acceptors (Lipinski definition) is 4. The van der Waals surface area contributed by atoms with Crippen molar-refractivity contribution in [1.82, 2.24) is 4.90 Å². The van der Waals surface area contributed by atoms with Gasteiger partial charge >= 0.3 is 5.97 Å². The van der Waals surface area contributed by atoms with E-state index in [1.54, 1.807) is 0 Å². The first kappa shape index (κ1) is 12.3. The summed E-state index contributed by atoms with van der Waals surface area (Å²) in [5.74, 6) is 0.133. The maximum atomic E-state index is 11.5. The highest BCUT2D eigenvalue weighted by Crippen LogP contribution is 2.34. The number of Topliss-reactive ketones (excluding diaryl/α,β-unsaturated/α-hetero) is 1. The molecule has 0 spiro atoms. The van der Waals surface area contributed by atoms with Crippen LogP contribution in [0, 0.1) is 0 Å². The van der Waals surface area contributed by atoms with Crippen molar-refractivity contribution in [2.24, 2.45) is 0 Å². The fourth-order valence-corrected chi connectivity index (χ4v) is 2.72. The molecule has 90 valence electrons. The molecule has 0 amide bonds.